The van der Waals surface area contributed by atoms with Gasteiger partial charge in [0.1, 0.15) is 6.29 Å². The highest BCUT2D eigenvalue weighted by atomic mass is 16.1. The third-order valence-electron chi connectivity index (χ3n) is 4.40. The Balaban J connectivity index is 1.85. The molecule has 0 spiro atoms. The summed E-state index contributed by atoms with van der Waals surface area (Å²) < 4.78 is 0. The van der Waals surface area contributed by atoms with Crippen LogP contribution < -0.4 is 0 Å². The van der Waals surface area contributed by atoms with Crippen LogP contribution in [0.5, 0.6) is 0 Å². The van der Waals surface area contributed by atoms with Crippen LogP contribution in [-0.4, -0.2) is 30.3 Å². The molecule has 2 aliphatic rings. The van der Waals surface area contributed by atoms with E-state index in [4.69, 9.17) is 0 Å². The average Bonchev–Trinajstić information content (AvgIpc) is 2.48. The molecular formula is C17H25NO. The molecule has 0 bridgehead atoms. The first-order valence-electron chi connectivity index (χ1n) is 7.50. The highest BCUT2D eigenvalue weighted by Gasteiger charge is 2.18. The van der Waals surface area contributed by atoms with Crippen molar-refractivity contribution in [2.24, 2.45) is 5.92 Å². The molecule has 1 aliphatic heterocycles. The predicted molar refractivity (Wildman–Crippen MR) is 80.0 cm³/mol. The van der Waals surface area contributed by atoms with Crippen molar-refractivity contribution in [2.75, 3.05) is 13.1 Å². The lowest BCUT2D eigenvalue weighted by Gasteiger charge is -2.33. The summed E-state index contributed by atoms with van der Waals surface area (Å²) in [5.41, 5.74) is 2.42. The van der Waals surface area contributed by atoms with E-state index in [2.05, 4.69) is 30.9 Å². The van der Waals surface area contributed by atoms with Crippen LogP contribution in [0, 0.1) is 5.92 Å². The van der Waals surface area contributed by atoms with Crippen LogP contribution in [0.25, 0.3) is 0 Å². The standard InChI is InChI=1S/C17H25NO/c1-3-14(2)18-10-8-16(9-11-18)12-15-4-6-17(13-19)7-5-15/h4,6-7,12-15H,3,5,8-11H2,1-2H3. The van der Waals surface area contributed by atoms with Gasteiger partial charge >= 0.3 is 0 Å². The third-order valence-corrected chi connectivity index (χ3v) is 4.40. The quantitative estimate of drug-likeness (QED) is 0.569. The van der Waals surface area contributed by atoms with E-state index in [9.17, 15) is 4.79 Å². The Bertz CT molecular complexity index is 395. The zero-order valence-electron chi connectivity index (χ0n) is 12.1. The molecule has 2 nitrogen and oxygen atoms in total. The van der Waals surface area contributed by atoms with Crippen molar-refractivity contribution in [1.82, 2.24) is 4.90 Å². The van der Waals surface area contributed by atoms with Crippen molar-refractivity contribution < 1.29 is 4.79 Å². The average molecular weight is 259 g/mol. The van der Waals surface area contributed by atoms with Crippen LogP contribution >= 0.6 is 0 Å². The van der Waals surface area contributed by atoms with Gasteiger partial charge in [-0.05, 0) is 38.5 Å². The van der Waals surface area contributed by atoms with Gasteiger partial charge < -0.3 is 4.90 Å². The molecule has 0 amide bonds. The van der Waals surface area contributed by atoms with Crippen LogP contribution in [0.15, 0.2) is 35.5 Å². The minimum Gasteiger partial charge on any atom is -0.300 e. The second kappa shape index (κ2) is 6.85. The first kappa shape index (κ1) is 14.3. The first-order chi connectivity index (χ1) is 9.22. The number of nitrogens with zero attached hydrogens (tertiary/aromatic N) is 1. The minimum absolute atomic E-state index is 0.494. The van der Waals surface area contributed by atoms with Crippen LogP contribution in [0.1, 0.15) is 39.5 Å². The Hall–Kier alpha value is -1.15. The molecule has 0 radical (unpaired) electrons. The highest BCUT2D eigenvalue weighted by Crippen LogP contribution is 2.24. The van der Waals surface area contributed by atoms with Gasteiger partial charge in [0.15, 0.2) is 0 Å². The molecule has 1 heterocycles. The van der Waals surface area contributed by atoms with Gasteiger partial charge in [-0.1, -0.05) is 36.8 Å². The maximum Gasteiger partial charge on any atom is 0.149 e. The minimum atomic E-state index is 0.494. The summed E-state index contributed by atoms with van der Waals surface area (Å²) in [5, 5.41) is 0. The van der Waals surface area contributed by atoms with Gasteiger partial charge in [-0.2, -0.15) is 0 Å². The van der Waals surface area contributed by atoms with E-state index in [0.29, 0.717) is 12.0 Å². The molecule has 2 atom stereocenters. The number of hydrogen-bond donors (Lipinski definition) is 0. The van der Waals surface area contributed by atoms with Crippen LogP contribution in [-0.2, 0) is 4.79 Å². The van der Waals surface area contributed by atoms with Crippen LogP contribution in [0.2, 0.25) is 0 Å². The maximum absolute atomic E-state index is 10.6. The number of allylic oxidation sites excluding steroid dienone is 5. The molecular weight excluding hydrogens is 234 g/mol. The number of rotatable bonds is 4. The Morgan fingerprint density at radius 3 is 2.68 bits per heavy atom. The summed E-state index contributed by atoms with van der Waals surface area (Å²) >= 11 is 0. The highest BCUT2D eigenvalue weighted by molar-refractivity contribution is 5.77. The van der Waals surface area contributed by atoms with Crippen LogP contribution in [0.4, 0.5) is 0 Å². The number of hydrogen-bond acceptors (Lipinski definition) is 2. The summed E-state index contributed by atoms with van der Waals surface area (Å²) in [6, 6.07) is 0.717. The molecule has 1 fully saturated rings. The van der Waals surface area contributed by atoms with E-state index in [1.54, 1.807) is 5.57 Å². The Labute approximate surface area is 116 Å². The summed E-state index contributed by atoms with van der Waals surface area (Å²) in [5.74, 6) is 0.494. The smallest absolute Gasteiger partial charge is 0.149 e. The third kappa shape index (κ3) is 3.90. The number of likely N-dealkylation sites (tertiary alicyclic amines) is 1. The van der Waals surface area contributed by atoms with Gasteiger partial charge in [0, 0.05) is 24.7 Å². The monoisotopic (exact) mass is 259 g/mol. The summed E-state index contributed by atoms with van der Waals surface area (Å²) in [6.45, 7) is 6.99. The van der Waals surface area contributed by atoms with E-state index in [1.165, 1.54) is 32.4 Å². The second-order valence-corrected chi connectivity index (χ2v) is 5.70. The molecule has 2 unspecified atom stereocenters. The van der Waals surface area contributed by atoms with E-state index in [1.807, 2.05) is 12.2 Å². The summed E-state index contributed by atoms with van der Waals surface area (Å²) in [6.07, 6.45) is 14.1. The molecule has 0 saturated carbocycles. The zero-order chi connectivity index (χ0) is 13.7. The number of carbonyl (C=O) groups is 1. The van der Waals surface area contributed by atoms with Crippen molar-refractivity contribution in [3.8, 4) is 0 Å². The maximum atomic E-state index is 10.6. The van der Waals surface area contributed by atoms with E-state index in [0.717, 1.165) is 18.3 Å². The van der Waals surface area contributed by atoms with Crippen molar-refractivity contribution in [2.45, 2.75) is 45.6 Å². The van der Waals surface area contributed by atoms with Gasteiger partial charge in [-0.25, -0.2) is 0 Å². The SMILES string of the molecule is CCC(C)N1CCC(=CC2C=CC(C=O)=CC2)CC1. The van der Waals surface area contributed by atoms with Crippen molar-refractivity contribution in [1.29, 1.82) is 0 Å². The van der Waals surface area contributed by atoms with Crippen molar-refractivity contribution >= 4 is 6.29 Å². The fourth-order valence-corrected chi connectivity index (χ4v) is 2.84. The Morgan fingerprint density at radius 1 is 1.42 bits per heavy atom. The fourth-order valence-electron chi connectivity index (χ4n) is 2.84. The normalized spacial score (nSPS) is 25.9. The largest absolute Gasteiger partial charge is 0.300 e. The topological polar surface area (TPSA) is 20.3 Å². The molecule has 0 aromatic heterocycles. The lowest BCUT2D eigenvalue weighted by atomic mass is 9.92. The van der Waals surface area contributed by atoms with Gasteiger partial charge in [-0.3, -0.25) is 4.79 Å². The first-order valence-corrected chi connectivity index (χ1v) is 7.50. The second-order valence-electron chi connectivity index (χ2n) is 5.70. The zero-order valence-corrected chi connectivity index (χ0v) is 12.1. The van der Waals surface area contributed by atoms with Gasteiger partial charge in [-0.15, -0.1) is 0 Å². The van der Waals surface area contributed by atoms with Crippen LogP contribution in [0.3, 0.4) is 0 Å². The van der Waals surface area contributed by atoms with E-state index in [-0.39, 0.29) is 0 Å². The molecule has 0 N–H and O–H groups in total. The van der Waals surface area contributed by atoms with E-state index < -0.39 is 0 Å². The number of piperidine rings is 1. The molecule has 0 aromatic carbocycles. The summed E-state index contributed by atoms with van der Waals surface area (Å²) in [4.78, 5) is 13.2. The van der Waals surface area contributed by atoms with E-state index >= 15 is 0 Å². The molecule has 2 rings (SSSR count). The number of aldehydes is 1. The Morgan fingerprint density at radius 2 is 2.16 bits per heavy atom. The molecule has 104 valence electrons. The lowest BCUT2D eigenvalue weighted by Crippen LogP contribution is -2.37. The van der Waals surface area contributed by atoms with Crippen molar-refractivity contribution in [3.05, 3.63) is 35.5 Å². The summed E-state index contributed by atoms with van der Waals surface area (Å²) in [7, 11) is 0. The van der Waals surface area contributed by atoms with Crippen molar-refractivity contribution in [3.63, 3.8) is 0 Å². The molecule has 19 heavy (non-hydrogen) atoms. The predicted octanol–water partition coefficient (Wildman–Crippen LogP) is 3.51. The van der Waals surface area contributed by atoms with Gasteiger partial charge in [0.05, 0.1) is 0 Å². The Kier molecular flexibility index (Phi) is 5.15. The molecule has 0 aromatic rings. The lowest BCUT2D eigenvalue weighted by molar-refractivity contribution is -0.104. The van der Waals surface area contributed by atoms with Gasteiger partial charge in [0.2, 0.25) is 0 Å². The van der Waals surface area contributed by atoms with Gasteiger partial charge in [0.25, 0.3) is 0 Å². The number of carbonyl (C=O) groups excluding carboxylic acids is 1. The fraction of sp³-hybridized carbons (Fsp3) is 0.588. The molecule has 1 aliphatic carbocycles. The molecule has 1 saturated heterocycles. The molecule has 2 heteroatoms.